The minimum Gasteiger partial charge on any atom is -0.290 e. The van der Waals surface area contributed by atoms with Crippen LogP contribution in [0.3, 0.4) is 0 Å². The lowest BCUT2D eigenvalue weighted by molar-refractivity contribution is -0.110. The van der Waals surface area contributed by atoms with Gasteiger partial charge < -0.3 is 0 Å². The molecule has 1 radical (unpaired) electrons. The molecule has 0 N–H and O–H groups in total. The fraction of sp³-hybridized carbons (Fsp3) is 0.333. The molecule has 0 atom stereocenters. The standard InChI is InChI=1S/C15H17O/c1-9(2)12-6-5-10(3)15-13(8-12)11(4)7-14(15)16/h5-9H,1-4H3. The van der Waals surface area contributed by atoms with Crippen LogP contribution in [0.2, 0.25) is 0 Å². The first-order chi connectivity index (χ1) is 7.50. The molecule has 0 heterocycles. The lowest BCUT2D eigenvalue weighted by Gasteiger charge is -2.11. The molecule has 0 aromatic rings. The van der Waals surface area contributed by atoms with Gasteiger partial charge >= 0.3 is 0 Å². The van der Waals surface area contributed by atoms with E-state index < -0.39 is 0 Å². The van der Waals surface area contributed by atoms with Gasteiger partial charge in [0.15, 0.2) is 5.78 Å². The van der Waals surface area contributed by atoms with Crippen molar-refractivity contribution in [2.45, 2.75) is 27.7 Å². The van der Waals surface area contributed by atoms with Crippen molar-refractivity contribution in [3.05, 3.63) is 52.5 Å². The van der Waals surface area contributed by atoms with Crippen molar-refractivity contribution in [1.29, 1.82) is 0 Å². The highest BCUT2D eigenvalue weighted by atomic mass is 16.1. The minimum absolute atomic E-state index is 0.149. The summed E-state index contributed by atoms with van der Waals surface area (Å²) >= 11 is 0. The molecular formula is C15H17O. The number of allylic oxidation sites excluding steroid dienone is 8. The molecule has 2 rings (SSSR count). The van der Waals surface area contributed by atoms with Crippen LogP contribution in [0.5, 0.6) is 0 Å². The second-order valence-electron chi connectivity index (χ2n) is 4.80. The minimum atomic E-state index is 0.149. The van der Waals surface area contributed by atoms with Crippen LogP contribution in [-0.4, -0.2) is 5.78 Å². The van der Waals surface area contributed by atoms with Gasteiger partial charge in [0.1, 0.15) is 0 Å². The van der Waals surface area contributed by atoms with E-state index in [1.807, 2.05) is 13.8 Å². The number of ketones is 1. The van der Waals surface area contributed by atoms with Crippen molar-refractivity contribution in [3.8, 4) is 0 Å². The molecule has 0 spiro atoms. The van der Waals surface area contributed by atoms with E-state index in [0.717, 1.165) is 22.6 Å². The van der Waals surface area contributed by atoms with Crippen molar-refractivity contribution >= 4 is 5.78 Å². The zero-order chi connectivity index (χ0) is 11.9. The summed E-state index contributed by atoms with van der Waals surface area (Å²) in [6.45, 7) is 8.36. The Morgan fingerprint density at radius 2 is 1.75 bits per heavy atom. The van der Waals surface area contributed by atoms with Crippen LogP contribution in [0.25, 0.3) is 0 Å². The molecule has 1 heteroatoms. The Morgan fingerprint density at radius 3 is 2.38 bits per heavy atom. The Morgan fingerprint density at radius 1 is 1.06 bits per heavy atom. The predicted octanol–water partition coefficient (Wildman–Crippen LogP) is 3.56. The van der Waals surface area contributed by atoms with Gasteiger partial charge in [0.2, 0.25) is 0 Å². The fourth-order valence-corrected chi connectivity index (χ4v) is 2.15. The van der Waals surface area contributed by atoms with Crippen molar-refractivity contribution in [3.63, 3.8) is 0 Å². The fourth-order valence-electron chi connectivity index (χ4n) is 2.15. The molecule has 0 unspecified atom stereocenters. The molecule has 2 aliphatic carbocycles. The van der Waals surface area contributed by atoms with Crippen molar-refractivity contribution in [1.82, 2.24) is 0 Å². The first-order valence-corrected chi connectivity index (χ1v) is 5.71. The summed E-state index contributed by atoms with van der Waals surface area (Å²) in [4.78, 5) is 11.8. The summed E-state index contributed by atoms with van der Waals surface area (Å²) in [7, 11) is 0. The van der Waals surface area contributed by atoms with E-state index in [-0.39, 0.29) is 5.78 Å². The Hall–Kier alpha value is -1.37. The molecule has 0 aromatic heterocycles. The van der Waals surface area contributed by atoms with Crippen LogP contribution < -0.4 is 0 Å². The Balaban J connectivity index is 2.52. The molecule has 0 bridgehead atoms. The summed E-state index contributed by atoms with van der Waals surface area (Å²) in [5, 5.41) is 0. The maximum absolute atomic E-state index is 11.8. The second kappa shape index (κ2) is 3.89. The number of rotatable bonds is 1. The molecule has 0 aromatic carbocycles. The molecule has 0 saturated carbocycles. The molecule has 1 nitrogen and oxygen atoms in total. The summed E-state index contributed by atoms with van der Waals surface area (Å²) in [6, 6.07) is 0. The lowest BCUT2D eigenvalue weighted by Crippen LogP contribution is -2.02. The van der Waals surface area contributed by atoms with Crippen LogP contribution in [0, 0.1) is 11.8 Å². The van der Waals surface area contributed by atoms with Crippen molar-refractivity contribution in [2.75, 3.05) is 0 Å². The van der Waals surface area contributed by atoms with E-state index in [2.05, 4.69) is 32.1 Å². The summed E-state index contributed by atoms with van der Waals surface area (Å²) in [5.41, 5.74) is 4.32. The number of carbonyl (C=O) groups excluding carboxylic acids is 1. The number of fused-ring (bicyclic) bond motifs is 1. The highest BCUT2D eigenvalue weighted by Crippen LogP contribution is 2.37. The van der Waals surface area contributed by atoms with E-state index in [9.17, 15) is 4.79 Å². The smallest absolute Gasteiger partial charge is 0.183 e. The van der Waals surface area contributed by atoms with Gasteiger partial charge in [-0.3, -0.25) is 4.79 Å². The summed E-state index contributed by atoms with van der Waals surface area (Å²) < 4.78 is 0. The van der Waals surface area contributed by atoms with Crippen LogP contribution in [0.1, 0.15) is 27.7 Å². The van der Waals surface area contributed by atoms with E-state index in [0.29, 0.717) is 5.92 Å². The van der Waals surface area contributed by atoms with Crippen molar-refractivity contribution < 1.29 is 4.79 Å². The molecule has 0 amide bonds. The van der Waals surface area contributed by atoms with Gasteiger partial charge in [-0.2, -0.15) is 0 Å². The van der Waals surface area contributed by atoms with Gasteiger partial charge in [0.05, 0.1) is 5.92 Å². The molecular weight excluding hydrogens is 196 g/mol. The van der Waals surface area contributed by atoms with Gasteiger partial charge in [0, 0.05) is 5.57 Å². The van der Waals surface area contributed by atoms with E-state index in [1.165, 1.54) is 5.57 Å². The number of hydrogen-bond donors (Lipinski definition) is 0. The van der Waals surface area contributed by atoms with Crippen LogP contribution in [0.15, 0.2) is 46.6 Å². The van der Waals surface area contributed by atoms with Gasteiger partial charge in [-0.25, -0.2) is 0 Å². The predicted molar refractivity (Wildman–Crippen MR) is 66.8 cm³/mol. The van der Waals surface area contributed by atoms with Gasteiger partial charge in [0.25, 0.3) is 0 Å². The second-order valence-corrected chi connectivity index (χ2v) is 4.80. The maximum Gasteiger partial charge on any atom is 0.183 e. The van der Waals surface area contributed by atoms with Gasteiger partial charge in [-0.1, -0.05) is 37.6 Å². The first-order valence-electron chi connectivity index (χ1n) is 5.71. The third-order valence-corrected chi connectivity index (χ3v) is 3.19. The molecule has 83 valence electrons. The third-order valence-electron chi connectivity index (χ3n) is 3.19. The molecule has 0 saturated heterocycles. The summed E-state index contributed by atoms with van der Waals surface area (Å²) in [6.07, 6.45) is 8.07. The molecule has 2 aliphatic rings. The Labute approximate surface area is 97.2 Å². The molecule has 0 aliphatic heterocycles. The molecule has 0 fully saturated rings. The largest absolute Gasteiger partial charge is 0.290 e. The first kappa shape index (κ1) is 11.1. The average molecular weight is 213 g/mol. The van der Waals surface area contributed by atoms with Crippen LogP contribution in [-0.2, 0) is 4.79 Å². The normalized spacial score (nSPS) is 21.2. The zero-order valence-electron chi connectivity index (χ0n) is 10.3. The highest BCUT2D eigenvalue weighted by Gasteiger charge is 2.29. The molecule has 16 heavy (non-hydrogen) atoms. The van der Waals surface area contributed by atoms with Crippen molar-refractivity contribution in [2.24, 2.45) is 5.92 Å². The number of hydrogen-bond acceptors (Lipinski definition) is 1. The van der Waals surface area contributed by atoms with Crippen LogP contribution in [0.4, 0.5) is 0 Å². The van der Waals surface area contributed by atoms with E-state index >= 15 is 0 Å². The SMILES string of the molecule is CC1=CC(=O)C2=C(C)C=CC(C(C)C)=C[C]12. The zero-order valence-corrected chi connectivity index (χ0v) is 10.3. The monoisotopic (exact) mass is 213 g/mol. The highest BCUT2D eigenvalue weighted by molar-refractivity contribution is 6.13. The third kappa shape index (κ3) is 1.71. The van der Waals surface area contributed by atoms with Gasteiger partial charge in [-0.15, -0.1) is 0 Å². The lowest BCUT2D eigenvalue weighted by atomic mass is 9.91. The summed E-state index contributed by atoms with van der Waals surface area (Å²) in [5.74, 6) is 1.74. The topological polar surface area (TPSA) is 17.1 Å². The van der Waals surface area contributed by atoms with Crippen LogP contribution >= 0.6 is 0 Å². The average Bonchev–Trinajstić information content (AvgIpc) is 2.39. The Bertz CT molecular complexity index is 456. The van der Waals surface area contributed by atoms with E-state index in [1.54, 1.807) is 6.08 Å². The number of carbonyl (C=O) groups is 1. The Kier molecular flexibility index (Phi) is 2.71. The van der Waals surface area contributed by atoms with Gasteiger partial charge in [-0.05, 0) is 37.0 Å². The maximum atomic E-state index is 11.8. The quantitative estimate of drug-likeness (QED) is 0.651. The van der Waals surface area contributed by atoms with E-state index in [4.69, 9.17) is 0 Å².